The summed E-state index contributed by atoms with van der Waals surface area (Å²) in [5.74, 6) is 2.00. The van der Waals surface area contributed by atoms with Crippen LogP contribution in [0.5, 0.6) is 0 Å². The molecule has 12 heteroatoms. The molecule has 2 aromatic rings. The lowest BCUT2D eigenvalue weighted by molar-refractivity contribution is 0.105. The maximum atomic E-state index is 12.1. The normalized spacial score (nSPS) is 13.6. The minimum absolute atomic E-state index is 0.292. The molecular formula is C24H34Cl2N6O4. The predicted octanol–water partition coefficient (Wildman–Crippen LogP) is 3.77. The largest absolute Gasteiger partial charge is 0.450 e. The molecule has 1 amide bonds. The topological polar surface area (TPSA) is 92.3 Å². The number of halogens is 2. The van der Waals surface area contributed by atoms with E-state index in [1.54, 1.807) is 32.1 Å². The van der Waals surface area contributed by atoms with Crippen molar-refractivity contribution in [1.29, 1.82) is 0 Å². The first-order valence-electron chi connectivity index (χ1n) is 11.9. The quantitative estimate of drug-likeness (QED) is 0.431. The molecule has 0 atom stereocenters. The Morgan fingerprint density at radius 2 is 1.75 bits per heavy atom. The smallest absolute Gasteiger partial charge is 0.409 e. The van der Waals surface area contributed by atoms with Gasteiger partial charge in [-0.05, 0) is 24.6 Å². The molecule has 1 aliphatic rings. The number of methoxy groups -OCH3 is 2. The van der Waals surface area contributed by atoms with Gasteiger partial charge in [-0.2, -0.15) is 9.97 Å². The minimum Gasteiger partial charge on any atom is -0.450 e. The molecule has 0 spiro atoms. The van der Waals surface area contributed by atoms with Gasteiger partial charge in [-0.3, -0.25) is 0 Å². The second-order valence-corrected chi connectivity index (χ2v) is 8.99. The zero-order chi connectivity index (χ0) is 25.9. The second-order valence-electron chi connectivity index (χ2n) is 8.15. The molecule has 1 saturated heterocycles. The molecule has 1 aromatic carbocycles. The summed E-state index contributed by atoms with van der Waals surface area (Å²) in [6, 6.07) is 7.32. The van der Waals surface area contributed by atoms with Crippen molar-refractivity contribution in [2.45, 2.75) is 13.5 Å². The fourth-order valence-corrected chi connectivity index (χ4v) is 4.19. The third-order valence-electron chi connectivity index (χ3n) is 5.72. The third kappa shape index (κ3) is 7.99. The number of nitrogens with zero attached hydrogens (tertiary/aromatic N) is 5. The number of rotatable bonds is 12. The zero-order valence-corrected chi connectivity index (χ0v) is 22.5. The van der Waals surface area contributed by atoms with Crippen molar-refractivity contribution in [3.63, 3.8) is 0 Å². The van der Waals surface area contributed by atoms with Crippen LogP contribution < -0.4 is 15.1 Å². The van der Waals surface area contributed by atoms with E-state index >= 15 is 0 Å². The summed E-state index contributed by atoms with van der Waals surface area (Å²) in [6.45, 7) is 7.28. The van der Waals surface area contributed by atoms with E-state index in [1.165, 1.54) is 0 Å². The van der Waals surface area contributed by atoms with Gasteiger partial charge in [0.2, 0.25) is 5.95 Å². The molecule has 1 aromatic heterocycles. The van der Waals surface area contributed by atoms with E-state index in [4.69, 9.17) is 47.4 Å². The standard InChI is InChI=1S/C24H34Cl2N6O4/c1-4-36-24(33)32-9-7-31(8-10-32)23-28-21(27-17-18-5-6-19(25)15-20(18)26)16-22(29-23)30(11-13-34-2)12-14-35-3/h5-6,15-16H,4,7-14,17H2,1-3H3,(H,27,28,29). The van der Waals surface area contributed by atoms with Crippen molar-refractivity contribution in [3.05, 3.63) is 39.9 Å². The van der Waals surface area contributed by atoms with Crippen molar-refractivity contribution >= 4 is 46.9 Å². The Kier molecular flexibility index (Phi) is 11.1. The van der Waals surface area contributed by atoms with Crippen molar-refractivity contribution in [2.24, 2.45) is 0 Å². The van der Waals surface area contributed by atoms with Gasteiger partial charge in [0.25, 0.3) is 0 Å². The Hall–Kier alpha value is -2.53. The van der Waals surface area contributed by atoms with Gasteiger partial charge in [0, 0.05) is 76.1 Å². The fourth-order valence-electron chi connectivity index (χ4n) is 3.71. The molecule has 0 unspecified atom stereocenters. The van der Waals surface area contributed by atoms with Gasteiger partial charge >= 0.3 is 6.09 Å². The molecule has 0 radical (unpaired) electrons. The van der Waals surface area contributed by atoms with Crippen LogP contribution in [0.2, 0.25) is 10.0 Å². The highest BCUT2D eigenvalue weighted by molar-refractivity contribution is 6.35. The van der Waals surface area contributed by atoms with Crippen molar-refractivity contribution < 1.29 is 19.0 Å². The van der Waals surface area contributed by atoms with Crippen LogP contribution in [-0.4, -0.2) is 94.3 Å². The molecular weight excluding hydrogens is 507 g/mol. The van der Waals surface area contributed by atoms with Crippen LogP contribution in [0.1, 0.15) is 12.5 Å². The molecule has 1 aliphatic heterocycles. The molecule has 198 valence electrons. The second kappa shape index (κ2) is 14.3. The number of ether oxygens (including phenoxy) is 3. The van der Waals surface area contributed by atoms with Gasteiger partial charge in [0.05, 0.1) is 19.8 Å². The average Bonchev–Trinajstić information content (AvgIpc) is 2.88. The first kappa shape index (κ1) is 28.0. The Labute approximate surface area is 222 Å². The lowest BCUT2D eigenvalue weighted by Gasteiger charge is -2.34. The molecule has 1 N–H and O–H groups in total. The molecule has 2 heterocycles. The van der Waals surface area contributed by atoms with Gasteiger partial charge in [-0.25, -0.2) is 4.79 Å². The summed E-state index contributed by atoms with van der Waals surface area (Å²) in [4.78, 5) is 27.6. The number of hydrogen-bond acceptors (Lipinski definition) is 9. The van der Waals surface area contributed by atoms with Crippen LogP contribution in [0, 0.1) is 0 Å². The minimum atomic E-state index is -0.292. The van der Waals surface area contributed by atoms with Gasteiger partial charge in [0.1, 0.15) is 11.6 Å². The summed E-state index contributed by atoms with van der Waals surface area (Å²) >= 11 is 12.4. The lowest BCUT2D eigenvalue weighted by Crippen LogP contribution is -2.49. The van der Waals surface area contributed by atoms with Crippen molar-refractivity contribution in [1.82, 2.24) is 14.9 Å². The first-order valence-corrected chi connectivity index (χ1v) is 12.7. The number of aromatic nitrogens is 2. The number of anilines is 3. The van der Waals surface area contributed by atoms with Gasteiger partial charge in [-0.1, -0.05) is 29.3 Å². The van der Waals surface area contributed by atoms with Crippen molar-refractivity contribution in [3.8, 4) is 0 Å². The van der Waals surface area contributed by atoms with Crippen LogP contribution >= 0.6 is 23.2 Å². The zero-order valence-electron chi connectivity index (χ0n) is 21.0. The number of carbonyl (C=O) groups excluding carboxylic acids is 1. The molecule has 1 fully saturated rings. The first-order chi connectivity index (χ1) is 17.4. The van der Waals surface area contributed by atoms with E-state index in [-0.39, 0.29) is 6.09 Å². The highest BCUT2D eigenvalue weighted by atomic mass is 35.5. The Bertz CT molecular complexity index is 983. The van der Waals surface area contributed by atoms with E-state index in [0.717, 1.165) is 11.4 Å². The average molecular weight is 541 g/mol. The summed E-state index contributed by atoms with van der Waals surface area (Å²) in [5.41, 5.74) is 0.904. The van der Waals surface area contributed by atoms with E-state index < -0.39 is 0 Å². The highest BCUT2D eigenvalue weighted by Crippen LogP contribution is 2.25. The van der Waals surface area contributed by atoms with Crippen LogP contribution in [0.4, 0.5) is 22.4 Å². The molecule has 0 aliphatic carbocycles. The molecule has 0 saturated carbocycles. The summed E-state index contributed by atoms with van der Waals surface area (Å²) in [6.07, 6.45) is -0.292. The highest BCUT2D eigenvalue weighted by Gasteiger charge is 2.24. The Morgan fingerprint density at radius 1 is 1.06 bits per heavy atom. The van der Waals surface area contributed by atoms with E-state index in [2.05, 4.69) is 15.1 Å². The maximum absolute atomic E-state index is 12.1. The number of hydrogen-bond donors (Lipinski definition) is 1. The lowest BCUT2D eigenvalue weighted by atomic mass is 10.2. The van der Waals surface area contributed by atoms with Gasteiger partial charge in [0.15, 0.2) is 0 Å². The third-order valence-corrected chi connectivity index (χ3v) is 6.31. The van der Waals surface area contributed by atoms with Crippen molar-refractivity contribution in [2.75, 3.05) is 88.4 Å². The number of nitrogens with one attached hydrogen (secondary N) is 1. The number of amides is 1. The van der Waals surface area contributed by atoms with Crippen LogP contribution in [0.25, 0.3) is 0 Å². The van der Waals surface area contributed by atoms with E-state index in [0.29, 0.717) is 87.4 Å². The van der Waals surface area contributed by atoms with Gasteiger partial charge < -0.3 is 34.2 Å². The number of piperazine rings is 1. The fraction of sp³-hybridized carbons (Fsp3) is 0.542. The summed E-state index contributed by atoms with van der Waals surface area (Å²) in [5, 5.41) is 4.54. The van der Waals surface area contributed by atoms with Crippen LogP contribution in [0.3, 0.4) is 0 Å². The maximum Gasteiger partial charge on any atom is 0.409 e. The van der Waals surface area contributed by atoms with Crippen LogP contribution in [-0.2, 0) is 20.8 Å². The Morgan fingerprint density at radius 3 is 2.36 bits per heavy atom. The number of carbonyl (C=O) groups is 1. The number of benzene rings is 1. The Balaban J connectivity index is 1.83. The predicted molar refractivity (Wildman–Crippen MR) is 143 cm³/mol. The summed E-state index contributed by atoms with van der Waals surface area (Å²) < 4.78 is 15.7. The van der Waals surface area contributed by atoms with E-state index in [1.807, 2.05) is 18.2 Å². The molecule has 10 nitrogen and oxygen atoms in total. The molecule has 36 heavy (non-hydrogen) atoms. The van der Waals surface area contributed by atoms with Gasteiger partial charge in [-0.15, -0.1) is 0 Å². The molecule has 3 rings (SSSR count). The van der Waals surface area contributed by atoms with E-state index in [9.17, 15) is 4.79 Å². The monoisotopic (exact) mass is 540 g/mol. The van der Waals surface area contributed by atoms with Crippen LogP contribution in [0.15, 0.2) is 24.3 Å². The SMILES string of the molecule is CCOC(=O)N1CCN(c2nc(NCc3ccc(Cl)cc3Cl)cc(N(CCOC)CCOC)n2)CC1. The molecule has 0 bridgehead atoms. The summed E-state index contributed by atoms with van der Waals surface area (Å²) in [7, 11) is 3.34.